The van der Waals surface area contributed by atoms with Crippen LogP contribution in [0.3, 0.4) is 0 Å². The number of anilines is 1. The molecule has 0 spiro atoms. The van der Waals surface area contributed by atoms with E-state index in [1.807, 2.05) is 25.3 Å². The molecule has 5 nitrogen and oxygen atoms in total. The summed E-state index contributed by atoms with van der Waals surface area (Å²) in [7, 11) is 0. The van der Waals surface area contributed by atoms with E-state index in [2.05, 4.69) is 26.6 Å². The molecule has 0 saturated carbocycles. The molecule has 1 rings (SSSR count). The van der Waals surface area contributed by atoms with Crippen molar-refractivity contribution in [1.29, 1.82) is 0 Å². The summed E-state index contributed by atoms with van der Waals surface area (Å²) in [6, 6.07) is 4.11. The number of halogens is 1. The number of hydrogen-bond donors (Lipinski definition) is 3. The smallest absolute Gasteiger partial charge is 0.326 e. The molecule has 1 aromatic carbocycles. The van der Waals surface area contributed by atoms with Crippen molar-refractivity contribution in [3.63, 3.8) is 0 Å². The van der Waals surface area contributed by atoms with E-state index in [-0.39, 0.29) is 0 Å². The van der Waals surface area contributed by atoms with E-state index in [9.17, 15) is 9.59 Å². The number of urea groups is 1. The maximum absolute atomic E-state index is 11.8. The van der Waals surface area contributed by atoms with Crippen LogP contribution >= 0.6 is 27.7 Å². The Morgan fingerprint density at radius 3 is 2.75 bits per heavy atom. The molecule has 2 amide bonds. The Kier molecular flexibility index (Phi) is 6.87. The van der Waals surface area contributed by atoms with Crippen molar-refractivity contribution in [2.75, 3.05) is 17.3 Å². The van der Waals surface area contributed by atoms with Crippen molar-refractivity contribution in [3.05, 3.63) is 28.2 Å². The Labute approximate surface area is 130 Å². The molecule has 7 heteroatoms. The summed E-state index contributed by atoms with van der Waals surface area (Å²) in [5.41, 5.74) is 1.55. The van der Waals surface area contributed by atoms with Gasteiger partial charge in [0.15, 0.2) is 0 Å². The van der Waals surface area contributed by atoms with Gasteiger partial charge in [-0.05, 0) is 43.0 Å². The average Bonchev–Trinajstić information content (AvgIpc) is 2.38. The molecular weight excluding hydrogens is 344 g/mol. The molecule has 0 fully saturated rings. The van der Waals surface area contributed by atoms with Gasteiger partial charge in [0.25, 0.3) is 0 Å². The van der Waals surface area contributed by atoms with E-state index in [1.54, 1.807) is 17.8 Å². The average molecular weight is 361 g/mol. The number of aryl methyl sites for hydroxylation is 1. The number of amides is 2. The molecular formula is C13H17BrN2O3S. The predicted octanol–water partition coefficient (Wildman–Crippen LogP) is 3.09. The molecule has 0 aliphatic rings. The first-order valence-corrected chi connectivity index (χ1v) is 8.18. The minimum Gasteiger partial charge on any atom is -0.480 e. The Morgan fingerprint density at radius 1 is 1.45 bits per heavy atom. The number of carboxylic acid groups (broad SMARTS) is 1. The summed E-state index contributed by atoms with van der Waals surface area (Å²) in [4.78, 5) is 22.9. The molecule has 3 N–H and O–H groups in total. The van der Waals surface area contributed by atoms with E-state index in [1.165, 1.54) is 0 Å². The highest BCUT2D eigenvalue weighted by Crippen LogP contribution is 2.20. The van der Waals surface area contributed by atoms with Gasteiger partial charge in [0.05, 0.1) is 0 Å². The third kappa shape index (κ3) is 5.42. The van der Waals surface area contributed by atoms with Gasteiger partial charge in [-0.3, -0.25) is 0 Å². The number of hydrogen-bond acceptors (Lipinski definition) is 3. The molecule has 0 aliphatic heterocycles. The van der Waals surface area contributed by atoms with Crippen LogP contribution in [-0.4, -0.2) is 35.2 Å². The molecule has 110 valence electrons. The molecule has 20 heavy (non-hydrogen) atoms. The van der Waals surface area contributed by atoms with Crippen LogP contribution < -0.4 is 10.6 Å². The highest BCUT2D eigenvalue weighted by molar-refractivity contribution is 9.10. The van der Waals surface area contributed by atoms with Crippen molar-refractivity contribution >= 4 is 45.4 Å². The van der Waals surface area contributed by atoms with E-state index in [0.717, 1.165) is 10.0 Å². The minimum atomic E-state index is -1.03. The Morgan fingerprint density at radius 2 is 2.15 bits per heavy atom. The molecule has 0 aromatic heterocycles. The van der Waals surface area contributed by atoms with Gasteiger partial charge in [0, 0.05) is 10.2 Å². The predicted molar refractivity (Wildman–Crippen MR) is 85.5 cm³/mol. The van der Waals surface area contributed by atoms with E-state index >= 15 is 0 Å². The lowest BCUT2D eigenvalue weighted by atomic mass is 10.2. The zero-order chi connectivity index (χ0) is 15.1. The first kappa shape index (κ1) is 16.8. The fourth-order valence-electron chi connectivity index (χ4n) is 1.54. The number of carbonyl (C=O) groups excluding carboxylic acids is 1. The summed E-state index contributed by atoms with van der Waals surface area (Å²) in [5, 5.41) is 14.2. The molecule has 0 heterocycles. The lowest BCUT2D eigenvalue weighted by Crippen LogP contribution is -2.43. The molecule has 0 bridgehead atoms. The first-order valence-electron chi connectivity index (χ1n) is 5.99. The summed E-state index contributed by atoms with van der Waals surface area (Å²) in [5.74, 6) is -0.354. The maximum Gasteiger partial charge on any atom is 0.326 e. The molecule has 0 radical (unpaired) electrons. The maximum atomic E-state index is 11.8. The largest absolute Gasteiger partial charge is 0.480 e. The summed E-state index contributed by atoms with van der Waals surface area (Å²) in [6.07, 6.45) is 2.28. The zero-order valence-corrected chi connectivity index (χ0v) is 13.7. The molecule has 0 saturated heterocycles. The Balaban J connectivity index is 2.65. The third-order valence-corrected chi connectivity index (χ3v) is 3.80. The normalized spacial score (nSPS) is 11.8. The highest BCUT2D eigenvalue weighted by atomic mass is 79.9. The van der Waals surface area contributed by atoms with Gasteiger partial charge in [0.2, 0.25) is 0 Å². The summed E-state index contributed by atoms with van der Waals surface area (Å²) in [6.45, 7) is 1.87. The van der Waals surface area contributed by atoms with Gasteiger partial charge >= 0.3 is 12.0 Å². The first-order chi connectivity index (χ1) is 9.43. The van der Waals surface area contributed by atoms with Gasteiger partial charge in [-0.15, -0.1) is 0 Å². The standard InChI is InChI=1S/C13H17BrN2O3S/c1-8-3-4-9(14)7-11(8)16-13(19)15-10(12(17)18)5-6-20-2/h3-4,7,10H,5-6H2,1-2H3,(H,17,18)(H2,15,16,19)/t10-/m1/s1. The van der Waals surface area contributed by atoms with Crippen LogP contribution in [0.2, 0.25) is 0 Å². The van der Waals surface area contributed by atoms with Crippen LogP contribution in [0.1, 0.15) is 12.0 Å². The fourth-order valence-corrected chi connectivity index (χ4v) is 2.37. The third-order valence-electron chi connectivity index (χ3n) is 2.66. The van der Waals surface area contributed by atoms with Crippen molar-refractivity contribution in [2.24, 2.45) is 0 Å². The van der Waals surface area contributed by atoms with Gasteiger partial charge in [-0.1, -0.05) is 22.0 Å². The molecule has 0 aliphatic carbocycles. The Bertz CT molecular complexity index is 497. The number of rotatable bonds is 6. The summed E-state index contributed by atoms with van der Waals surface area (Å²) >= 11 is 4.87. The number of aliphatic carboxylic acids is 1. The van der Waals surface area contributed by atoms with Crippen LogP contribution in [0.4, 0.5) is 10.5 Å². The van der Waals surface area contributed by atoms with Gasteiger partial charge in [0.1, 0.15) is 6.04 Å². The number of nitrogens with one attached hydrogen (secondary N) is 2. The fraction of sp³-hybridized carbons (Fsp3) is 0.385. The van der Waals surface area contributed by atoms with Crippen LogP contribution in [0.25, 0.3) is 0 Å². The van der Waals surface area contributed by atoms with Crippen molar-refractivity contribution < 1.29 is 14.7 Å². The number of thioether (sulfide) groups is 1. The van der Waals surface area contributed by atoms with Crippen LogP contribution in [0.15, 0.2) is 22.7 Å². The zero-order valence-electron chi connectivity index (χ0n) is 11.3. The van der Waals surface area contributed by atoms with Gasteiger partial charge in [-0.2, -0.15) is 11.8 Å². The lowest BCUT2D eigenvalue weighted by Gasteiger charge is -2.15. The van der Waals surface area contributed by atoms with Crippen LogP contribution in [0, 0.1) is 6.92 Å². The number of carbonyl (C=O) groups is 2. The van der Waals surface area contributed by atoms with Gasteiger partial charge in [-0.25, -0.2) is 9.59 Å². The van der Waals surface area contributed by atoms with Crippen molar-refractivity contribution in [1.82, 2.24) is 5.32 Å². The quantitative estimate of drug-likeness (QED) is 0.728. The number of carboxylic acids is 1. The second-order valence-electron chi connectivity index (χ2n) is 4.23. The van der Waals surface area contributed by atoms with Crippen molar-refractivity contribution in [3.8, 4) is 0 Å². The molecule has 0 unspecified atom stereocenters. The highest BCUT2D eigenvalue weighted by Gasteiger charge is 2.19. The second-order valence-corrected chi connectivity index (χ2v) is 6.13. The van der Waals surface area contributed by atoms with Gasteiger partial charge < -0.3 is 15.7 Å². The Hall–Kier alpha value is -1.21. The van der Waals surface area contributed by atoms with Crippen LogP contribution in [-0.2, 0) is 4.79 Å². The van der Waals surface area contributed by atoms with Crippen LogP contribution in [0.5, 0.6) is 0 Å². The second kappa shape index (κ2) is 8.16. The minimum absolute atomic E-state index is 0.390. The summed E-state index contributed by atoms with van der Waals surface area (Å²) < 4.78 is 0.843. The SMILES string of the molecule is CSCC[C@@H](NC(=O)Nc1cc(Br)ccc1C)C(=O)O. The number of benzene rings is 1. The monoisotopic (exact) mass is 360 g/mol. The van der Waals surface area contributed by atoms with Crippen molar-refractivity contribution in [2.45, 2.75) is 19.4 Å². The molecule has 1 atom stereocenters. The van der Waals surface area contributed by atoms with E-state index in [0.29, 0.717) is 17.9 Å². The topological polar surface area (TPSA) is 78.4 Å². The van der Waals surface area contributed by atoms with E-state index < -0.39 is 18.0 Å². The molecule has 1 aromatic rings. The lowest BCUT2D eigenvalue weighted by molar-refractivity contribution is -0.139. The van der Waals surface area contributed by atoms with E-state index in [4.69, 9.17) is 5.11 Å².